The van der Waals surface area contributed by atoms with E-state index in [2.05, 4.69) is 41.8 Å². The van der Waals surface area contributed by atoms with Crippen molar-refractivity contribution in [1.29, 1.82) is 0 Å². The lowest BCUT2D eigenvalue weighted by Gasteiger charge is -2.35. The van der Waals surface area contributed by atoms with Crippen LogP contribution in [0.2, 0.25) is 0 Å². The van der Waals surface area contributed by atoms with Crippen LogP contribution in [-0.2, 0) is 16.8 Å². The van der Waals surface area contributed by atoms with Crippen molar-refractivity contribution < 1.29 is 4.79 Å². The first-order chi connectivity index (χ1) is 11.2. The first-order valence-corrected chi connectivity index (χ1v) is 8.31. The maximum absolute atomic E-state index is 12.4. The molecule has 0 aliphatic heterocycles. The molecular weight excluding hydrogens is 320 g/mol. The molecule has 0 aliphatic rings. The molecule has 24 heavy (non-hydrogen) atoms. The molecule has 2 aromatic rings. The smallest absolute Gasteiger partial charge is 0.234 e. The second-order valence-electron chi connectivity index (χ2n) is 5.79. The minimum atomic E-state index is -0.380. The van der Waals surface area contributed by atoms with E-state index in [1.807, 2.05) is 43.3 Å². The third-order valence-electron chi connectivity index (χ3n) is 4.19. The summed E-state index contributed by atoms with van der Waals surface area (Å²) in [6.07, 6.45) is 1.62. The predicted octanol–water partition coefficient (Wildman–Crippen LogP) is 3.68. The molecule has 2 N–H and O–H groups in total. The van der Waals surface area contributed by atoms with Crippen LogP contribution in [0.4, 0.5) is 0 Å². The SMILES string of the molecule is CCNCC(=O)NC(CC)(Cc1ccccc1)c1ccccc1.Cl. The van der Waals surface area contributed by atoms with Gasteiger partial charge in [0, 0.05) is 0 Å². The zero-order valence-corrected chi connectivity index (χ0v) is 15.2. The molecule has 0 fully saturated rings. The Kier molecular flexibility index (Phi) is 8.51. The van der Waals surface area contributed by atoms with Gasteiger partial charge in [0.15, 0.2) is 0 Å². The highest BCUT2D eigenvalue weighted by atomic mass is 35.5. The molecule has 1 unspecified atom stereocenters. The van der Waals surface area contributed by atoms with E-state index in [1.54, 1.807) is 0 Å². The number of halogens is 1. The van der Waals surface area contributed by atoms with Crippen LogP contribution >= 0.6 is 12.4 Å². The number of carbonyl (C=O) groups excluding carboxylic acids is 1. The predicted molar refractivity (Wildman–Crippen MR) is 102 cm³/mol. The number of amides is 1. The van der Waals surface area contributed by atoms with E-state index in [0.29, 0.717) is 6.54 Å². The molecule has 0 aliphatic carbocycles. The molecule has 0 heterocycles. The van der Waals surface area contributed by atoms with Gasteiger partial charge in [0.25, 0.3) is 0 Å². The zero-order chi connectivity index (χ0) is 16.5. The fraction of sp³-hybridized carbons (Fsp3) is 0.350. The van der Waals surface area contributed by atoms with Gasteiger partial charge in [0.2, 0.25) is 5.91 Å². The number of likely N-dealkylation sites (N-methyl/N-ethyl adjacent to an activating group) is 1. The van der Waals surface area contributed by atoms with Crippen molar-refractivity contribution >= 4 is 18.3 Å². The molecule has 1 amide bonds. The first-order valence-electron chi connectivity index (χ1n) is 8.31. The van der Waals surface area contributed by atoms with Crippen LogP contribution in [0.3, 0.4) is 0 Å². The molecule has 0 saturated heterocycles. The minimum Gasteiger partial charge on any atom is -0.345 e. The van der Waals surface area contributed by atoms with Gasteiger partial charge in [0.1, 0.15) is 0 Å². The Balaban J connectivity index is 0.00000288. The molecular formula is C20H27ClN2O. The fourth-order valence-corrected chi connectivity index (χ4v) is 2.89. The fourth-order valence-electron chi connectivity index (χ4n) is 2.89. The van der Waals surface area contributed by atoms with Crippen molar-refractivity contribution in [2.75, 3.05) is 13.1 Å². The maximum atomic E-state index is 12.4. The Morgan fingerprint density at radius 2 is 1.54 bits per heavy atom. The number of hydrogen-bond acceptors (Lipinski definition) is 2. The van der Waals surface area contributed by atoms with E-state index < -0.39 is 0 Å². The normalized spacial score (nSPS) is 12.8. The average molecular weight is 347 g/mol. The third kappa shape index (κ3) is 5.36. The van der Waals surface area contributed by atoms with Crippen LogP contribution in [0.5, 0.6) is 0 Å². The van der Waals surface area contributed by atoms with E-state index in [9.17, 15) is 4.79 Å². The number of hydrogen-bond donors (Lipinski definition) is 2. The van der Waals surface area contributed by atoms with Gasteiger partial charge < -0.3 is 10.6 Å². The van der Waals surface area contributed by atoms with E-state index in [0.717, 1.165) is 24.9 Å². The van der Waals surface area contributed by atoms with Gasteiger partial charge in [-0.25, -0.2) is 0 Å². The monoisotopic (exact) mass is 346 g/mol. The molecule has 4 heteroatoms. The molecule has 0 bridgehead atoms. The summed E-state index contributed by atoms with van der Waals surface area (Å²) >= 11 is 0. The standard InChI is InChI=1S/C20H26N2O.ClH/c1-3-20(18-13-9-6-10-14-18,22-19(23)16-21-4-2)15-17-11-7-5-8-12-17;/h5-14,21H,3-4,15-16H2,1-2H3,(H,22,23);1H. The van der Waals surface area contributed by atoms with Gasteiger partial charge in [-0.3, -0.25) is 4.79 Å². The molecule has 3 nitrogen and oxygen atoms in total. The van der Waals surface area contributed by atoms with Crippen molar-refractivity contribution in [3.8, 4) is 0 Å². The molecule has 1 atom stereocenters. The Labute approximate surface area is 151 Å². The molecule has 0 aromatic heterocycles. The summed E-state index contributed by atoms with van der Waals surface area (Å²) in [4.78, 5) is 12.4. The summed E-state index contributed by atoms with van der Waals surface area (Å²) < 4.78 is 0. The van der Waals surface area contributed by atoms with Crippen LogP contribution in [-0.4, -0.2) is 19.0 Å². The van der Waals surface area contributed by atoms with Crippen LogP contribution in [0.15, 0.2) is 60.7 Å². The van der Waals surface area contributed by atoms with Crippen LogP contribution in [0.1, 0.15) is 31.4 Å². The van der Waals surface area contributed by atoms with Gasteiger partial charge in [0.05, 0.1) is 12.1 Å². The molecule has 2 aromatic carbocycles. The van der Waals surface area contributed by atoms with Gasteiger partial charge in [-0.2, -0.15) is 0 Å². The molecule has 2 rings (SSSR count). The zero-order valence-electron chi connectivity index (χ0n) is 14.4. The third-order valence-corrected chi connectivity index (χ3v) is 4.19. The quantitative estimate of drug-likeness (QED) is 0.765. The number of carbonyl (C=O) groups is 1. The van der Waals surface area contributed by atoms with E-state index in [4.69, 9.17) is 0 Å². The van der Waals surface area contributed by atoms with E-state index in [-0.39, 0.29) is 23.9 Å². The van der Waals surface area contributed by atoms with Crippen molar-refractivity contribution in [3.63, 3.8) is 0 Å². The lowest BCUT2D eigenvalue weighted by Crippen LogP contribution is -2.49. The minimum absolute atomic E-state index is 0. The second kappa shape index (κ2) is 10.1. The van der Waals surface area contributed by atoms with Crippen molar-refractivity contribution in [1.82, 2.24) is 10.6 Å². The van der Waals surface area contributed by atoms with Gasteiger partial charge in [-0.1, -0.05) is 74.5 Å². The van der Waals surface area contributed by atoms with E-state index >= 15 is 0 Å². The topological polar surface area (TPSA) is 41.1 Å². The summed E-state index contributed by atoms with van der Waals surface area (Å²) in [7, 11) is 0. The molecule has 0 radical (unpaired) electrons. The van der Waals surface area contributed by atoms with Gasteiger partial charge in [-0.05, 0) is 30.5 Å². The lowest BCUT2D eigenvalue weighted by molar-refractivity contribution is -0.122. The van der Waals surface area contributed by atoms with Crippen molar-refractivity contribution in [2.45, 2.75) is 32.2 Å². The maximum Gasteiger partial charge on any atom is 0.234 e. The van der Waals surface area contributed by atoms with Crippen molar-refractivity contribution in [3.05, 3.63) is 71.8 Å². The Morgan fingerprint density at radius 1 is 0.958 bits per heavy atom. The molecule has 0 spiro atoms. The van der Waals surface area contributed by atoms with Crippen LogP contribution < -0.4 is 10.6 Å². The highest BCUT2D eigenvalue weighted by Crippen LogP contribution is 2.29. The largest absolute Gasteiger partial charge is 0.345 e. The van der Waals surface area contributed by atoms with E-state index in [1.165, 1.54) is 5.56 Å². The Morgan fingerprint density at radius 3 is 2.08 bits per heavy atom. The van der Waals surface area contributed by atoms with Crippen molar-refractivity contribution in [2.24, 2.45) is 0 Å². The second-order valence-corrected chi connectivity index (χ2v) is 5.79. The lowest BCUT2D eigenvalue weighted by atomic mass is 9.81. The average Bonchev–Trinajstić information content (AvgIpc) is 2.61. The number of rotatable bonds is 8. The first kappa shape index (κ1) is 20.2. The van der Waals surface area contributed by atoms with Gasteiger partial charge in [-0.15, -0.1) is 12.4 Å². The number of benzene rings is 2. The summed E-state index contributed by atoms with van der Waals surface area (Å²) in [5.41, 5.74) is 1.99. The Bertz CT molecular complexity index is 604. The summed E-state index contributed by atoms with van der Waals surface area (Å²) in [6, 6.07) is 20.6. The summed E-state index contributed by atoms with van der Waals surface area (Å²) in [5, 5.41) is 6.38. The van der Waals surface area contributed by atoms with Gasteiger partial charge >= 0.3 is 0 Å². The highest BCUT2D eigenvalue weighted by Gasteiger charge is 2.32. The van der Waals surface area contributed by atoms with Crippen LogP contribution in [0.25, 0.3) is 0 Å². The van der Waals surface area contributed by atoms with Crippen LogP contribution in [0, 0.1) is 0 Å². The summed E-state index contributed by atoms with van der Waals surface area (Å²) in [5.74, 6) is 0.0356. The highest BCUT2D eigenvalue weighted by molar-refractivity contribution is 5.85. The molecule has 130 valence electrons. The number of nitrogens with one attached hydrogen (secondary N) is 2. The summed E-state index contributed by atoms with van der Waals surface area (Å²) in [6.45, 7) is 5.27. The Hall–Kier alpha value is -1.84. The molecule has 0 saturated carbocycles.